The van der Waals surface area contributed by atoms with Crippen LogP contribution in [0.15, 0.2) is 42.5 Å². The van der Waals surface area contributed by atoms with Crippen molar-refractivity contribution in [1.82, 2.24) is 20.1 Å². The molecule has 4 N–H and O–H groups in total. The Morgan fingerprint density at radius 1 is 1.13 bits per heavy atom. The highest BCUT2D eigenvalue weighted by atomic mass is 16.5. The predicted molar refractivity (Wildman–Crippen MR) is 145 cm³/mol. The average Bonchev–Trinajstić information content (AvgIpc) is 2.91. The number of hydrogen-bond donors (Lipinski definition) is 4. The number of anilines is 1. The zero-order valence-electron chi connectivity index (χ0n) is 21.8. The largest absolute Gasteiger partial charge is 0.492 e. The van der Waals surface area contributed by atoms with Crippen molar-refractivity contribution in [1.29, 1.82) is 0 Å². The number of nitrogens with one attached hydrogen (secondary N) is 2. The molecular formula is C28H39N5O5. The van der Waals surface area contributed by atoms with Gasteiger partial charge in [0.25, 0.3) is 0 Å². The number of β-amino-alcohol motifs (C(OH)–C–C–N with tert-alkyl or cyclic N) is 1. The van der Waals surface area contributed by atoms with Gasteiger partial charge in [0.2, 0.25) is 0 Å². The molecule has 1 aromatic heterocycles. The number of amides is 2. The van der Waals surface area contributed by atoms with Gasteiger partial charge in [-0.25, -0.2) is 14.6 Å². The Hall–Kier alpha value is -3.37. The number of pyridine rings is 1. The lowest BCUT2D eigenvalue weighted by molar-refractivity contribution is -0.139. The first-order valence-electron chi connectivity index (χ1n) is 13.6. The number of urea groups is 1. The maximum absolute atomic E-state index is 12.3. The number of likely N-dealkylation sites (tertiary alicyclic amines) is 1. The Morgan fingerprint density at radius 2 is 1.95 bits per heavy atom. The normalized spacial score (nSPS) is 15.8. The summed E-state index contributed by atoms with van der Waals surface area (Å²) in [6.45, 7) is 3.87. The van der Waals surface area contributed by atoms with Gasteiger partial charge in [0.05, 0.1) is 19.2 Å². The van der Waals surface area contributed by atoms with Crippen LogP contribution in [0.1, 0.15) is 36.9 Å². The molecule has 4 rings (SSSR count). The Kier molecular flexibility index (Phi) is 10.2. The highest BCUT2D eigenvalue weighted by molar-refractivity contribution is 5.83. The molecule has 2 aliphatic heterocycles. The number of aliphatic carboxylic acids is 1. The molecule has 1 aromatic carbocycles. The minimum Gasteiger partial charge on any atom is -0.492 e. The standard InChI is InChI=1S/C28H39N5O5/c34-23-19-33(20-23)28(37)31-25(27(35)36)13-16-32(17-18-38-24-9-2-1-3-10-24)15-5-4-8-22-12-11-21-7-6-14-29-26(21)30-22/h1-3,9-12,23,25,34H,4-8,13-20H2,(H,29,30)(H,31,37)(H,35,36). The van der Waals surface area contributed by atoms with Crippen LogP contribution >= 0.6 is 0 Å². The Balaban J connectivity index is 1.26. The number of benzene rings is 1. The van der Waals surface area contributed by atoms with Crippen molar-refractivity contribution in [3.8, 4) is 5.75 Å². The molecule has 10 heteroatoms. The molecule has 10 nitrogen and oxygen atoms in total. The summed E-state index contributed by atoms with van der Waals surface area (Å²) in [5, 5.41) is 25.1. The molecule has 1 fully saturated rings. The van der Waals surface area contributed by atoms with Crippen LogP contribution < -0.4 is 15.4 Å². The second kappa shape index (κ2) is 14.0. The smallest absolute Gasteiger partial charge is 0.326 e. The van der Waals surface area contributed by atoms with Gasteiger partial charge in [-0.2, -0.15) is 0 Å². The average molecular weight is 526 g/mol. The van der Waals surface area contributed by atoms with Crippen molar-refractivity contribution >= 4 is 17.8 Å². The number of para-hydroxylation sites is 1. The van der Waals surface area contributed by atoms with Crippen LogP contribution in [0.4, 0.5) is 10.6 Å². The number of aliphatic hydroxyl groups is 1. The van der Waals surface area contributed by atoms with Crippen molar-refractivity contribution in [2.75, 3.05) is 51.2 Å². The van der Waals surface area contributed by atoms with Crippen LogP contribution in [0.5, 0.6) is 5.75 Å². The summed E-state index contributed by atoms with van der Waals surface area (Å²) in [6, 6.07) is 12.5. The molecule has 2 aliphatic rings. The quantitative estimate of drug-likeness (QED) is 0.277. The number of ether oxygens (including phenoxy) is 1. The Bertz CT molecular complexity index is 1050. The van der Waals surface area contributed by atoms with E-state index >= 15 is 0 Å². The van der Waals surface area contributed by atoms with E-state index < -0.39 is 24.1 Å². The van der Waals surface area contributed by atoms with Gasteiger partial charge in [0.1, 0.15) is 24.2 Å². The summed E-state index contributed by atoms with van der Waals surface area (Å²) in [6.07, 6.45) is 4.77. The van der Waals surface area contributed by atoms with Gasteiger partial charge < -0.3 is 30.5 Å². The lowest BCUT2D eigenvalue weighted by Gasteiger charge is -2.36. The van der Waals surface area contributed by atoms with E-state index in [1.165, 1.54) is 10.5 Å². The number of aromatic nitrogens is 1. The van der Waals surface area contributed by atoms with Crippen LogP contribution in [0, 0.1) is 0 Å². The predicted octanol–water partition coefficient (Wildman–Crippen LogP) is 2.37. The van der Waals surface area contributed by atoms with E-state index in [4.69, 9.17) is 9.72 Å². The second-order valence-corrected chi connectivity index (χ2v) is 9.99. The molecule has 206 valence electrons. The summed E-state index contributed by atoms with van der Waals surface area (Å²) in [7, 11) is 0. The third kappa shape index (κ3) is 8.32. The minimum atomic E-state index is -1.06. The Morgan fingerprint density at radius 3 is 2.71 bits per heavy atom. The first-order chi connectivity index (χ1) is 18.5. The van der Waals surface area contributed by atoms with Gasteiger partial charge in [0, 0.05) is 25.3 Å². The van der Waals surface area contributed by atoms with Gasteiger partial charge in [-0.3, -0.25) is 4.90 Å². The van der Waals surface area contributed by atoms with Crippen molar-refractivity contribution in [3.05, 3.63) is 53.7 Å². The minimum absolute atomic E-state index is 0.232. The lowest BCUT2D eigenvalue weighted by atomic mass is 10.1. The molecule has 1 unspecified atom stereocenters. The SMILES string of the molecule is O=C(O)C(CCN(CCCCc1ccc2c(n1)NCCC2)CCOc1ccccc1)NC(=O)N1CC(O)C1. The highest BCUT2D eigenvalue weighted by Crippen LogP contribution is 2.20. The zero-order valence-corrected chi connectivity index (χ0v) is 21.8. The maximum atomic E-state index is 12.3. The van der Waals surface area contributed by atoms with E-state index in [2.05, 4.69) is 27.7 Å². The van der Waals surface area contributed by atoms with E-state index in [0.29, 0.717) is 19.7 Å². The fourth-order valence-corrected chi connectivity index (χ4v) is 4.72. The van der Waals surface area contributed by atoms with Gasteiger partial charge in [-0.05, 0) is 68.8 Å². The molecule has 0 saturated carbocycles. The fraction of sp³-hybridized carbons (Fsp3) is 0.536. The summed E-state index contributed by atoms with van der Waals surface area (Å²) in [5.41, 5.74) is 2.37. The van der Waals surface area contributed by atoms with Crippen molar-refractivity contribution in [2.24, 2.45) is 0 Å². The number of aliphatic hydroxyl groups excluding tert-OH is 1. The van der Waals surface area contributed by atoms with Gasteiger partial charge in [-0.1, -0.05) is 24.3 Å². The fourth-order valence-electron chi connectivity index (χ4n) is 4.72. The topological polar surface area (TPSA) is 127 Å². The summed E-state index contributed by atoms with van der Waals surface area (Å²) in [4.78, 5) is 32.5. The van der Waals surface area contributed by atoms with E-state index in [-0.39, 0.29) is 19.5 Å². The summed E-state index contributed by atoms with van der Waals surface area (Å²) < 4.78 is 5.87. The molecule has 0 spiro atoms. The number of rotatable bonds is 14. The van der Waals surface area contributed by atoms with Crippen LogP contribution in [0.3, 0.4) is 0 Å². The first-order valence-corrected chi connectivity index (χ1v) is 13.6. The molecule has 1 atom stereocenters. The zero-order chi connectivity index (χ0) is 26.7. The monoisotopic (exact) mass is 525 g/mol. The van der Waals surface area contributed by atoms with Gasteiger partial charge >= 0.3 is 12.0 Å². The van der Waals surface area contributed by atoms with E-state index in [1.807, 2.05) is 30.3 Å². The summed E-state index contributed by atoms with van der Waals surface area (Å²) in [5.74, 6) is 0.752. The van der Waals surface area contributed by atoms with Crippen molar-refractivity contribution in [2.45, 2.75) is 50.7 Å². The van der Waals surface area contributed by atoms with Crippen molar-refractivity contribution in [3.63, 3.8) is 0 Å². The lowest BCUT2D eigenvalue weighted by Crippen LogP contribution is -2.59. The highest BCUT2D eigenvalue weighted by Gasteiger charge is 2.31. The van der Waals surface area contributed by atoms with Crippen molar-refractivity contribution < 1.29 is 24.5 Å². The van der Waals surface area contributed by atoms with E-state index in [1.54, 1.807) is 0 Å². The van der Waals surface area contributed by atoms with Gasteiger partial charge in [0.15, 0.2) is 0 Å². The molecule has 0 bridgehead atoms. The Labute approximate surface area is 224 Å². The third-order valence-corrected chi connectivity index (χ3v) is 7.01. The number of carboxylic acid groups (broad SMARTS) is 1. The van der Waals surface area contributed by atoms with Gasteiger partial charge in [-0.15, -0.1) is 0 Å². The number of aryl methyl sites for hydroxylation is 2. The van der Waals surface area contributed by atoms with E-state index in [0.717, 1.165) is 62.5 Å². The molecule has 2 amide bonds. The summed E-state index contributed by atoms with van der Waals surface area (Å²) >= 11 is 0. The molecule has 1 saturated heterocycles. The molecule has 0 radical (unpaired) electrons. The van der Waals surface area contributed by atoms with Crippen LogP contribution in [-0.4, -0.2) is 95.0 Å². The number of unbranched alkanes of at least 4 members (excludes halogenated alkanes) is 1. The number of fused-ring (bicyclic) bond motifs is 1. The number of carboxylic acids is 1. The van der Waals surface area contributed by atoms with Crippen LogP contribution in [0.2, 0.25) is 0 Å². The van der Waals surface area contributed by atoms with Crippen LogP contribution in [-0.2, 0) is 17.6 Å². The number of nitrogens with zero attached hydrogens (tertiary/aromatic N) is 3. The molecule has 38 heavy (non-hydrogen) atoms. The molecule has 3 heterocycles. The second-order valence-electron chi connectivity index (χ2n) is 9.99. The molecule has 2 aromatic rings. The number of carbonyl (C=O) groups is 2. The van der Waals surface area contributed by atoms with Crippen LogP contribution in [0.25, 0.3) is 0 Å². The maximum Gasteiger partial charge on any atom is 0.326 e. The first kappa shape index (κ1) is 27.7. The van der Waals surface area contributed by atoms with E-state index in [9.17, 15) is 19.8 Å². The number of hydrogen-bond acceptors (Lipinski definition) is 7. The molecular weight excluding hydrogens is 486 g/mol. The molecule has 0 aliphatic carbocycles. The third-order valence-electron chi connectivity index (χ3n) is 7.01. The number of carbonyl (C=O) groups excluding carboxylic acids is 1.